The first-order chi connectivity index (χ1) is 9.06. The monoisotopic (exact) mass is 263 g/mol. The standard InChI is InChI=1S/C14H17NO4/c1-9-8-10(14(17)18)2-5-12(9)19-7-6-13(16)15-11-3-4-11/h2,5,8,11H,3-4,6-7H2,1H3,(H,15,16)(H,17,18). The van der Waals surface area contributed by atoms with E-state index in [4.69, 9.17) is 9.84 Å². The van der Waals surface area contributed by atoms with E-state index in [1.54, 1.807) is 19.1 Å². The summed E-state index contributed by atoms with van der Waals surface area (Å²) in [7, 11) is 0. The molecule has 0 unspecified atom stereocenters. The highest BCUT2D eigenvalue weighted by Gasteiger charge is 2.22. The Balaban J connectivity index is 1.81. The third kappa shape index (κ3) is 3.98. The predicted molar refractivity (Wildman–Crippen MR) is 69.4 cm³/mol. The van der Waals surface area contributed by atoms with Gasteiger partial charge < -0.3 is 15.2 Å². The summed E-state index contributed by atoms with van der Waals surface area (Å²) in [5.74, 6) is -0.343. The summed E-state index contributed by atoms with van der Waals surface area (Å²) in [6.45, 7) is 2.08. The molecule has 1 aliphatic carbocycles. The fraction of sp³-hybridized carbons (Fsp3) is 0.429. The summed E-state index contributed by atoms with van der Waals surface area (Å²) in [5, 5.41) is 11.7. The molecule has 1 aliphatic rings. The Hall–Kier alpha value is -2.04. The molecule has 1 aromatic carbocycles. The van der Waals surface area contributed by atoms with Crippen LogP contribution in [0, 0.1) is 6.92 Å². The molecule has 2 rings (SSSR count). The lowest BCUT2D eigenvalue weighted by Gasteiger charge is -2.09. The van der Waals surface area contributed by atoms with E-state index in [0.717, 1.165) is 18.4 Å². The highest BCUT2D eigenvalue weighted by atomic mass is 16.5. The van der Waals surface area contributed by atoms with Gasteiger partial charge in [0.15, 0.2) is 0 Å². The van der Waals surface area contributed by atoms with Crippen LogP contribution in [0.5, 0.6) is 5.75 Å². The van der Waals surface area contributed by atoms with Crippen molar-refractivity contribution in [1.29, 1.82) is 0 Å². The lowest BCUT2D eigenvalue weighted by molar-refractivity contribution is -0.121. The van der Waals surface area contributed by atoms with E-state index in [0.29, 0.717) is 24.8 Å². The topological polar surface area (TPSA) is 75.6 Å². The van der Waals surface area contributed by atoms with Crippen LogP contribution in [0.25, 0.3) is 0 Å². The molecule has 1 saturated carbocycles. The van der Waals surface area contributed by atoms with Crippen molar-refractivity contribution in [1.82, 2.24) is 5.32 Å². The molecule has 0 spiro atoms. The third-order valence-corrected chi connectivity index (χ3v) is 2.95. The summed E-state index contributed by atoms with van der Waals surface area (Å²) in [5.41, 5.74) is 0.985. The molecule has 1 aromatic rings. The van der Waals surface area contributed by atoms with Gasteiger partial charge in [-0.3, -0.25) is 4.79 Å². The van der Waals surface area contributed by atoms with Crippen molar-refractivity contribution in [3.05, 3.63) is 29.3 Å². The van der Waals surface area contributed by atoms with Crippen LogP contribution in [0.15, 0.2) is 18.2 Å². The van der Waals surface area contributed by atoms with Crippen LogP contribution in [0.4, 0.5) is 0 Å². The number of carboxylic acids is 1. The Labute approximate surface area is 111 Å². The van der Waals surface area contributed by atoms with E-state index in [2.05, 4.69) is 5.32 Å². The maximum atomic E-state index is 11.4. The molecule has 0 atom stereocenters. The summed E-state index contributed by atoms with van der Waals surface area (Å²) < 4.78 is 5.49. The molecule has 5 nitrogen and oxygen atoms in total. The van der Waals surface area contributed by atoms with Gasteiger partial charge in [-0.1, -0.05) is 0 Å². The average Bonchev–Trinajstić information content (AvgIpc) is 3.14. The van der Waals surface area contributed by atoms with Crippen LogP contribution in [0.1, 0.15) is 35.2 Å². The summed E-state index contributed by atoms with van der Waals surface area (Å²) in [6.07, 6.45) is 2.46. The van der Waals surface area contributed by atoms with Gasteiger partial charge in [0.1, 0.15) is 5.75 Å². The van der Waals surface area contributed by atoms with Gasteiger partial charge in [0.25, 0.3) is 0 Å². The van der Waals surface area contributed by atoms with Gasteiger partial charge in [0.05, 0.1) is 18.6 Å². The second kappa shape index (κ2) is 5.73. The molecule has 0 saturated heterocycles. The normalized spacial score (nSPS) is 13.9. The zero-order valence-corrected chi connectivity index (χ0v) is 10.8. The van der Waals surface area contributed by atoms with Crippen LogP contribution in [-0.4, -0.2) is 29.6 Å². The van der Waals surface area contributed by atoms with Crippen LogP contribution in [0.2, 0.25) is 0 Å². The van der Waals surface area contributed by atoms with Crippen molar-refractivity contribution >= 4 is 11.9 Å². The van der Waals surface area contributed by atoms with Gasteiger partial charge in [0.2, 0.25) is 5.91 Å². The van der Waals surface area contributed by atoms with Crippen LogP contribution < -0.4 is 10.1 Å². The Morgan fingerprint density at radius 3 is 2.74 bits per heavy atom. The van der Waals surface area contributed by atoms with E-state index in [1.165, 1.54) is 6.07 Å². The largest absolute Gasteiger partial charge is 0.493 e. The highest BCUT2D eigenvalue weighted by Crippen LogP contribution is 2.20. The van der Waals surface area contributed by atoms with Gasteiger partial charge >= 0.3 is 5.97 Å². The third-order valence-electron chi connectivity index (χ3n) is 2.95. The second-order valence-corrected chi connectivity index (χ2v) is 4.73. The number of carbonyl (C=O) groups excluding carboxylic acids is 1. The zero-order chi connectivity index (χ0) is 13.8. The molecule has 0 radical (unpaired) electrons. The molecule has 102 valence electrons. The lowest BCUT2D eigenvalue weighted by atomic mass is 10.1. The summed E-state index contributed by atoms with van der Waals surface area (Å²) in [6, 6.07) is 5.04. The molecule has 0 heterocycles. The minimum absolute atomic E-state index is 0.00214. The molecule has 1 amide bonds. The van der Waals surface area contributed by atoms with Crippen molar-refractivity contribution in [3.8, 4) is 5.75 Å². The zero-order valence-electron chi connectivity index (χ0n) is 10.8. The smallest absolute Gasteiger partial charge is 0.335 e. The predicted octanol–water partition coefficient (Wildman–Crippen LogP) is 1.74. The molecule has 1 fully saturated rings. The van der Waals surface area contributed by atoms with Gasteiger partial charge in [-0.15, -0.1) is 0 Å². The quantitative estimate of drug-likeness (QED) is 0.819. The van der Waals surface area contributed by atoms with Crippen molar-refractivity contribution in [3.63, 3.8) is 0 Å². The Kier molecular flexibility index (Phi) is 4.04. The number of hydrogen-bond donors (Lipinski definition) is 2. The van der Waals surface area contributed by atoms with E-state index in [-0.39, 0.29) is 11.5 Å². The van der Waals surface area contributed by atoms with Crippen molar-refractivity contribution in [2.45, 2.75) is 32.2 Å². The number of aryl methyl sites for hydroxylation is 1. The fourth-order valence-electron chi connectivity index (χ4n) is 1.73. The van der Waals surface area contributed by atoms with Gasteiger partial charge in [-0.2, -0.15) is 0 Å². The average molecular weight is 263 g/mol. The maximum absolute atomic E-state index is 11.4. The lowest BCUT2D eigenvalue weighted by Crippen LogP contribution is -2.26. The number of ether oxygens (including phenoxy) is 1. The van der Waals surface area contributed by atoms with Gasteiger partial charge in [-0.25, -0.2) is 4.79 Å². The molecule has 2 N–H and O–H groups in total. The molecule has 0 aromatic heterocycles. The molecule has 5 heteroatoms. The number of carboxylic acid groups (broad SMARTS) is 1. The molecular formula is C14H17NO4. The van der Waals surface area contributed by atoms with Crippen LogP contribution >= 0.6 is 0 Å². The minimum Gasteiger partial charge on any atom is -0.493 e. The maximum Gasteiger partial charge on any atom is 0.335 e. The SMILES string of the molecule is Cc1cc(C(=O)O)ccc1OCCC(=O)NC1CC1. The first kappa shape index (κ1) is 13.4. The molecule has 0 aliphatic heterocycles. The summed E-state index contributed by atoms with van der Waals surface area (Å²) >= 11 is 0. The number of aromatic carboxylic acids is 1. The van der Waals surface area contributed by atoms with E-state index in [1.807, 2.05) is 0 Å². The summed E-state index contributed by atoms with van der Waals surface area (Å²) in [4.78, 5) is 22.2. The van der Waals surface area contributed by atoms with Crippen LogP contribution in [-0.2, 0) is 4.79 Å². The van der Waals surface area contributed by atoms with Gasteiger partial charge in [0, 0.05) is 6.04 Å². The number of amides is 1. The van der Waals surface area contributed by atoms with Crippen LogP contribution in [0.3, 0.4) is 0 Å². The minimum atomic E-state index is -0.960. The van der Waals surface area contributed by atoms with Crippen molar-refractivity contribution in [2.24, 2.45) is 0 Å². The Morgan fingerprint density at radius 1 is 1.42 bits per heavy atom. The highest BCUT2D eigenvalue weighted by molar-refractivity contribution is 5.88. The Bertz CT molecular complexity index is 494. The van der Waals surface area contributed by atoms with E-state index in [9.17, 15) is 9.59 Å². The second-order valence-electron chi connectivity index (χ2n) is 4.73. The molecule has 0 bridgehead atoms. The van der Waals surface area contributed by atoms with Crippen molar-refractivity contribution < 1.29 is 19.4 Å². The Morgan fingerprint density at radius 2 is 2.16 bits per heavy atom. The van der Waals surface area contributed by atoms with E-state index < -0.39 is 5.97 Å². The number of hydrogen-bond acceptors (Lipinski definition) is 3. The van der Waals surface area contributed by atoms with E-state index >= 15 is 0 Å². The number of nitrogens with one attached hydrogen (secondary N) is 1. The fourth-order valence-corrected chi connectivity index (χ4v) is 1.73. The molecule has 19 heavy (non-hydrogen) atoms. The number of rotatable bonds is 6. The first-order valence-corrected chi connectivity index (χ1v) is 6.32. The number of carbonyl (C=O) groups is 2. The molecular weight excluding hydrogens is 246 g/mol. The van der Waals surface area contributed by atoms with Gasteiger partial charge in [-0.05, 0) is 43.5 Å². The number of benzene rings is 1. The first-order valence-electron chi connectivity index (χ1n) is 6.32. The van der Waals surface area contributed by atoms with Crippen molar-refractivity contribution in [2.75, 3.05) is 6.61 Å².